The number of hydrogen-bond acceptors (Lipinski definition) is 3. The topological polar surface area (TPSA) is 49.7 Å². The van der Waals surface area contributed by atoms with Crippen LogP contribution in [0, 0.1) is 5.92 Å². The van der Waals surface area contributed by atoms with E-state index in [9.17, 15) is 10.2 Å². The molecule has 2 aliphatic heterocycles. The first-order valence-corrected chi connectivity index (χ1v) is 4.34. The Bertz CT molecular complexity index is 408. The van der Waals surface area contributed by atoms with Crippen molar-refractivity contribution >= 4 is 0 Å². The van der Waals surface area contributed by atoms with Gasteiger partial charge in [-0.15, -0.1) is 0 Å². The van der Waals surface area contributed by atoms with Crippen LogP contribution in [0.5, 0.6) is 0 Å². The first kappa shape index (κ1) is 7.06. The summed E-state index contributed by atoms with van der Waals surface area (Å²) >= 11 is 0. The van der Waals surface area contributed by atoms with Crippen molar-refractivity contribution in [1.29, 1.82) is 0 Å². The molecule has 2 N–H and O–H groups in total. The lowest BCUT2D eigenvalue weighted by Crippen LogP contribution is -1.94. The second-order valence-corrected chi connectivity index (χ2v) is 3.78. The Morgan fingerprint density at radius 2 is 1.85 bits per heavy atom. The van der Waals surface area contributed by atoms with Gasteiger partial charge in [0.1, 0.15) is 17.6 Å². The fourth-order valence-corrected chi connectivity index (χ4v) is 2.24. The van der Waals surface area contributed by atoms with Gasteiger partial charge in [-0.3, -0.25) is 0 Å². The van der Waals surface area contributed by atoms with Gasteiger partial charge in [-0.1, -0.05) is 0 Å². The predicted octanol–water partition coefficient (Wildman–Crippen LogP) is 1.95. The van der Waals surface area contributed by atoms with E-state index in [4.69, 9.17) is 4.74 Å². The van der Waals surface area contributed by atoms with Gasteiger partial charge in [0.25, 0.3) is 0 Å². The standard InChI is InChI=1S/C10H10O3/c1-3-5-6-8(12)9(13-10(5)6)4(2)7(3)11/h6,10-12H,1-2H3/t6-,10?/m1/s1. The second kappa shape index (κ2) is 1.76. The molecule has 0 aromatic rings. The molecule has 2 atom stereocenters. The molecule has 3 nitrogen and oxygen atoms in total. The zero-order valence-electron chi connectivity index (χ0n) is 7.46. The largest absolute Gasteiger partial charge is 0.508 e. The zero-order valence-corrected chi connectivity index (χ0v) is 7.46. The van der Waals surface area contributed by atoms with Crippen LogP contribution in [0.2, 0.25) is 0 Å². The zero-order chi connectivity index (χ0) is 9.33. The summed E-state index contributed by atoms with van der Waals surface area (Å²) < 4.78 is 5.48. The summed E-state index contributed by atoms with van der Waals surface area (Å²) in [6.07, 6.45) is 0.00889. The molecule has 4 rings (SSSR count). The maximum Gasteiger partial charge on any atom is 0.165 e. The van der Waals surface area contributed by atoms with Crippen molar-refractivity contribution < 1.29 is 14.9 Å². The molecular formula is C10H10O3. The van der Waals surface area contributed by atoms with Gasteiger partial charge in [0, 0.05) is 5.57 Å². The van der Waals surface area contributed by atoms with Crippen LogP contribution in [-0.4, -0.2) is 16.3 Å². The molecule has 2 heterocycles. The molecule has 0 aromatic heterocycles. The lowest BCUT2D eigenvalue weighted by molar-refractivity contribution is 0.224. The second-order valence-electron chi connectivity index (χ2n) is 3.78. The van der Waals surface area contributed by atoms with Crippen LogP contribution in [0.3, 0.4) is 0 Å². The van der Waals surface area contributed by atoms with E-state index in [0.29, 0.717) is 17.1 Å². The van der Waals surface area contributed by atoms with Crippen LogP contribution in [0.4, 0.5) is 0 Å². The van der Waals surface area contributed by atoms with Gasteiger partial charge in [0.15, 0.2) is 5.76 Å². The number of aliphatic hydroxyl groups excluding tert-OH is 2. The van der Waals surface area contributed by atoms with Crippen LogP contribution in [-0.2, 0) is 4.74 Å². The number of fused-ring (bicyclic) bond motifs is 1. The van der Waals surface area contributed by atoms with E-state index in [1.165, 1.54) is 0 Å². The summed E-state index contributed by atoms with van der Waals surface area (Å²) in [6, 6.07) is 0. The third-order valence-electron chi connectivity index (χ3n) is 3.09. The van der Waals surface area contributed by atoms with E-state index < -0.39 is 0 Å². The molecule has 0 amide bonds. The van der Waals surface area contributed by atoms with E-state index in [1.54, 1.807) is 6.92 Å². The predicted molar refractivity (Wildman–Crippen MR) is 46.0 cm³/mol. The normalized spacial score (nSPS) is 35.2. The van der Waals surface area contributed by atoms with Crippen molar-refractivity contribution in [2.45, 2.75) is 20.0 Å². The Labute approximate surface area is 75.6 Å². The molecule has 2 aliphatic carbocycles. The summed E-state index contributed by atoms with van der Waals surface area (Å²) in [5.41, 5.74) is 2.55. The fraction of sp³-hybridized carbons (Fsp3) is 0.400. The van der Waals surface area contributed by atoms with Crippen LogP contribution >= 0.6 is 0 Å². The Kier molecular flexibility index (Phi) is 0.957. The molecule has 1 saturated carbocycles. The van der Waals surface area contributed by atoms with Gasteiger partial charge in [-0.2, -0.15) is 0 Å². The van der Waals surface area contributed by atoms with Crippen LogP contribution in [0.25, 0.3) is 0 Å². The SMILES string of the molecule is CC1=C(O)C(C)=C2C3OC1=C(O)[C@@H]23. The van der Waals surface area contributed by atoms with E-state index in [1.807, 2.05) is 6.92 Å². The number of ether oxygens (including phenoxy) is 1. The lowest BCUT2D eigenvalue weighted by Gasteiger charge is -2.05. The number of allylic oxidation sites excluding steroid dienone is 2. The molecule has 4 bridgehead atoms. The lowest BCUT2D eigenvalue weighted by atomic mass is 10.1. The highest BCUT2D eigenvalue weighted by molar-refractivity contribution is 5.59. The number of rotatable bonds is 0. The van der Waals surface area contributed by atoms with E-state index in [0.717, 1.165) is 11.1 Å². The van der Waals surface area contributed by atoms with Crippen LogP contribution < -0.4 is 0 Å². The maximum absolute atomic E-state index is 9.73. The molecular weight excluding hydrogens is 168 g/mol. The molecule has 68 valence electrons. The van der Waals surface area contributed by atoms with Gasteiger partial charge >= 0.3 is 0 Å². The highest BCUT2D eigenvalue weighted by Gasteiger charge is 2.59. The Morgan fingerprint density at radius 1 is 1.15 bits per heavy atom. The van der Waals surface area contributed by atoms with Gasteiger partial charge in [-0.05, 0) is 25.0 Å². The minimum Gasteiger partial charge on any atom is -0.508 e. The maximum atomic E-state index is 9.73. The Morgan fingerprint density at radius 3 is 2.38 bits per heavy atom. The van der Waals surface area contributed by atoms with Crippen molar-refractivity contribution in [3.8, 4) is 0 Å². The fourth-order valence-electron chi connectivity index (χ4n) is 2.24. The summed E-state index contributed by atoms with van der Waals surface area (Å²) in [6.45, 7) is 3.63. The van der Waals surface area contributed by atoms with Crippen molar-refractivity contribution in [3.05, 3.63) is 34.0 Å². The molecule has 1 unspecified atom stereocenters. The van der Waals surface area contributed by atoms with Crippen LogP contribution in [0.15, 0.2) is 34.0 Å². The third-order valence-corrected chi connectivity index (χ3v) is 3.09. The molecule has 0 aromatic carbocycles. The minimum atomic E-state index is 0.00889. The monoisotopic (exact) mass is 178 g/mol. The summed E-state index contributed by atoms with van der Waals surface area (Å²) in [5.74, 6) is 1.07. The summed E-state index contributed by atoms with van der Waals surface area (Å²) in [5, 5.41) is 19.4. The average Bonchev–Trinajstić information content (AvgIpc) is 2.76. The van der Waals surface area contributed by atoms with Crippen molar-refractivity contribution in [1.82, 2.24) is 0 Å². The molecule has 4 aliphatic rings. The highest BCUT2D eigenvalue weighted by atomic mass is 16.5. The average molecular weight is 178 g/mol. The first-order chi connectivity index (χ1) is 6.13. The van der Waals surface area contributed by atoms with E-state index in [2.05, 4.69) is 0 Å². The van der Waals surface area contributed by atoms with E-state index >= 15 is 0 Å². The third kappa shape index (κ3) is 0.588. The smallest absolute Gasteiger partial charge is 0.165 e. The number of hydrogen-bond donors (Lipinski definition) is 2. The Balaban J connectivity index is 2.31. The van der Waals surface area contributed by atoms with Gasteiger partial charge in [0.05, 0.1) is 5.92 Å². The first-order valence-electron chi connectivity index (χ1n) is 4.34. The highest BCUT2D eigenvalue weighted by Crippen LogP contribution is 2.58. The Hall–Kier alpha value is -1.38. The molecule has 1 fully saturated rings. The van der Waals surface area contributed by atoms with Crippen molar-refractivity contribution in [2.75, 3.05) is 0 Å². The van der Waals surface area contributed by atoms with Gasteiger partial charge in [0.2, 0.25) is 0 Å². The molecule has 0 spiro atoms. The van der Waals surface area contributed by atoms with Gasteiger partial charge in [-0.25, -0.2) is 0 Å². The van der Waals surface area contributed by atoms with E-state index in [-0.39, 0.29) is 17.8 Å². The van der Waals surface area contributed by atoms with Crippen LogP contribution in [0.1, 0.15) is 13.8 Å². The van der Waals surface area contributed by atoms with Gasteiger partial charge < -0.3 is 14.9 Å². The number of aliphatic hydroxyl groups is 2. The van der Waals surface area contributed by atoms with Crippen molar-refractivity contribution in [3.63, 3.8) is 0 Å². The quantitative estimate of drug-likeness (QED) is 0.596. The minimum absolute atomic E-state index is 0.00889. The molecule has 0 saturated heterocycles. The molecule has 0 radical (unpaired) electrons. The summed E-state index contributed by atoms with van der Waals surface area (Å²) in [4.78, 5) is 0. The molecule has 13 heavy (non-hydrogen) atoms. The van der Waals surface area contributed by atoms with Crippen molar-refractivity contribution in [2.24, 2.45) is 5.92 Å². The molecule has 3 heteroatoms. The summed E-state index contributed by atoms with van der Waals surface area (Å²) in [7, 11) is 0.